The molecule has 2 N–H and O–H groups in total. The first-order valence-electron chi connectivity index (χ1n) is 8.77. The van der Waals surface area contributed by atoms with E-state index in [9.17, 15) is 4.79 Å². The first-order valence-corrected chi connectivity index (χ1v) is 8.77. The Morgan fingerprint density at radius 3 is 2.12 bits per heavy atom. The van der Waals surface area contributed by atoms with Crippen LogP contribution in [-0.2, 0) is 6.42 Å². The summed E-state index contributed by atoms with van der Waals surface area (Å²) in [6.07, 6.45) is 1.31. The summed E-state index contributed by atoms with van der Waals surface area (Å²) in [5, 5.41) is 6.53. The Hall–Kier alpha value is -3.21. The summed E-state index contributed by atoms with van der Waals surface area (Å²) in [7, 11) is 0. The van der Waals surface area contributed by atoms with Crippen LogP contribution >= 0.6 is 0 Å². The van der Waals surface area contributed by atoms with Gasteiger partial charge in [-0.2, -0.15) is 4.98 Å². The Morgan fingerprint density at radius 2 is 1.46 bits per heavy atom. The van der Waals surface area contributed by atoms with Gasteiger partial charge in [0.25, 0.3) is 0 Å². The highest BCUT2D eigenvalue weighted by Crippen LogP contribution is 2.31. The number of hydrogen-bond donors (Lipinski definition) is 2. The second-order valence-corrected chi connectivity index (χ2v) is 6.64. The van der Waals surface area contributed by atoms with Gasteiger partial charge in [0.15, 0.2) is 5.78 Å². The van der Waals surface area contributed by atoms with Crippen LogP contribution in [0.4, 0.5) is 23.1 Å². The van der Waals surface area contributed by atoms with Crippen LogP contribution in [0.25, 0.3) is 0 Å². The number of ketones is 1. The van der Waals surface area contributed by atoms with E-state index < -0.39 is 0 Å². The lowest BCUT2D eigenvalue weighted by Crippen LogP contribution is -2.22. The van der Waals surface area contributed by atoms with Crippen molar-refractivity contribution in [3.63, 3.8) is 0 Å². The number of rotatable bonds is 4. The van der Waals surface area contributed by atoms with Gasteiger partial charge in [0.2, 0.25) is 5.95 Å². The molecule has 1 unspecified atom stereocenters. The molecule has 1 heterocycles. The Bertz CT molecular complexity index is 926. The van der Waals surface area contributed by atoms with Crippen molar-refractivity contribution in [2.45, 2.75) is 19.8 Å². The Labute approximate surface area is 152 Å². The molecule has 1 aliphatic rings. The quantitative estimate of drug-likeness (QED) is 0.716. The predicted molar refractivity (Wildman–Crippen MR) is 103 cm³/mol. The van der Waals surface area contributed by atoms with Crippen molar-refractivity contribution in [3.05, 3.63) is 71.9 Å². The van der Waals surface area contributed by atoms with Crippen LogP contribution in [0.5, 0.6) is 0 Å². The van der Waals surface area contributed by atoms with Gasteiger partial charge in [0.05, 0.1) is 11.3 Å². The smallest absolute Gasteiger partial charge is 0.229 e. The average molecular weight is 344 g/mol. The lowest BCUT2D eigenvalue weighted by Gasteiger charge is -2.23. The van der Waals surface area contributed by atoms with Gasteiger partial charge in [-0.15, -0.1) is 0 Å². The van der Waals surface area contributed by atoms with Gasteiger partial charge < -0.3 is 10.6 Å². The van der Waals surface area contributed by atoms with Gasteiger partial charge >= 0.3 is 0 Å². The van der Waals surface area contributed by atoms with E-state index in [0.717, 1.165) is 23.5 Å². The molecule has 0 aliphatic heterocycles. The second-order valence-electron chi connectivity index (χ2n) is 6.64. The number of aromatic nitrogens is 2. The molecule has 1 atom stereocenters. The Kier molecular flexibility index (Phi) is 4.35. The fourth-order valence-electron chi connectivity index (χ4n) is 3.22. The van der Waals surface area contributed by atoms with Gasteiger partial charge in [-0.05, 0) is 36.6 Å². The molecule has 26 heavy (non-hydrogen) atoms. The number of benzene rings is 2. The molecule has 1 aliphatic carbocycles. The number of nitrogens with zero attached hydrogens (tertiary/aromatic N) is 2. The third-order valence-corrected chi connectivity index (χ3v) is 4.40. The fourth-order valence-corrected chi connectivity index (χ4v) is 3.22. The summed E-state index contributed by atoms with van der Waals surface area (Å²) in [5.41, 5.74) is 3.23. The molecule has 5 heteroatoms. The van der Waals surface area contributed by atoms with Crippen molar-refractivity contribution in [1.29, 1.82) is 0 Å². The van der Waals surface area contributed by atoms with E-state index in [2.05, 4.69) is 27.5 Å². The van der Waals surface area contributed by atoms with Gasteiger partial charge in [0, 0.05) is 17.8 Å². The summed E-state index contributed by atoms with van der Waals surface area (Å²) >= 11 is 0. The summed E-state index contributed by atoms with van der Waals surface area (Å²) in [6, 6.07) is 19.5. The van der Waals surface area contributed by atoms with E-state index >= 15 is 0 Å². The lowest BCUT2D eigenvalue weighted by atomic mass is 9.87. The second kappa shape index (κ2) is 6.96. The van der Waals surface area contributed by atoms with Crippen LogP contribution in [-0.4, -0.2) is 15.8 Å². The molecule has 4 rings (SSSR count). The molecule has 0 radical (unpaired) electrons. The molecule has 0 bridgehead atoms. The number of carbonyl (C=O) groups excluding carboxylic acids is 1. The summed E-state index contributed by atoms with van der Waals surface area (Å²) < 4.78 is 0. The molecule has 2 aromatic carbocycles. The van der Waals surface area contributed by atoms with Crippen LogP contribution in [0.1, 0.15) is 29.4 Å². The van der Waals surface area contributed by atoms with Gasteiger partial charge in [0.1, 0.15) is 5.82 Å². The summed E-state index contributed by atoms with van der Waals surface area (Å²) in [5.74, 6) is 1.45. The molecule has 0 fully saturated rings. The zero-order valence-electron chi connectivity index (χ0n) is 14.6. The number of carbonyl (C=O) groups is 1. The SMILES string of the molecule is CC1CC(=O)c2c(nc(Nc3ccccc3)nc2Nc2ccccc2)C1. The molecule has 130 valence electrons. The van der Waals surface area contributed by atoms with E-state index in [1.165, 1.54) is 0 Å². The first-order chi connectivity index (χ1) is 12.7. The van der Waals surface area contributed by atoms with Crippen molar-refractivity contribution in [3.8, 4) is 0 Å². The molecule has 1 aromatic heterocycles. The zero-order valence-corrected chi connectivity index (χ0v) is 14.6. The molecule has 3 aromatic rings. The van der Waals surface area contributed by atoms with Crippen LogP contribution in [0.15, 0.2) is 60.7 Å². The molecular formula is C21H20N4O. The number of para-hydroxylation sites is 2. The lowest BCUT2D eigenvalue weighted by molar-refractivity contribution is 0.0953. The fraction of sp³-hybridized carbons (Fsp3) is 0.190. The summed E-state index contributed by atoms with van der Waals surface area (Å²) in [4.78, 5) is 21.9. The minimum atomic E-state index is 0.100. The van der Waals surface area contributed by atoms with Gasteiger partial charge in [-0.25, -0.2) is 4.98 Å². The van der Waals surface area contributed by atoms with E-state index in [4.69, 9.17) is 0 Å². The van der Waals surface area contributed by atoms with E-state index in [0.29, 0.717) is 29.7 Å². The van der Waals surface area contributed by atoms with Crippen molar-refractivity contribution >= 4 is 28.9 Å². The number of nitrogens with one attached hydrogen (secondary N) is 2. The van der Waals surface area contributed by atoms with Crippen LogP contribution in [0.2, 0.25) is 0 Å². The van der Waals surface area contributed by atoms with E-state index in [1.54, 1.807) is 0 Å². The third-order valence-electron chi connectivity index (χ3n) is 4.40. The molecule has 5 nitrogen and oxygen atoms in total. The van der Waals surface area contributed by atoms with Crippen LogP contribution in [0, 0.1) is 5.92 Å². The topological polar surface area (TPSA) is 66.9 Å². The van der Waals surface area contributed by atoms with E-state index in [-0.39, 0.29) is 5.78 Å². The Balaban J connectivity index is 1.76. The van der Waals surface area contributed by atoms with Gasteiger partial charge in [-0.3, -0.25) is 4.79 Å². The maximum absolute atomic E-state index is 12.6. The maximum atomic E-state index is 12.6. The molecule has 0 saturated carbocycles. The standard InChI is InChI=1S/C21H20N4O/c1-14-12-17-19(18(26)13-14)20(22-15-8-4-2-5-9-15)25-21(24-17)23-16-10-6-3-7-11-16/h2-11,14H,12-13H2,1H3,(H2,22,23,24,25). The number of hydrogen-bond acceptors (Lipinski definition) is 5. The van der Waals surface area contributed by atoms with Crippen molar-refractivity contribution in [2.75, 3.05) is 10.6 Å². The van der Waals surface area contributed by atoms with Crippen LogP contribution < -0.4 is 10.6 Å². The molecule has 0 amide bonds. The van der Waals surface area contributed by atoms with Crippen LogP contribution in [0.3, 0.4) is 0 Å². The first kappa shape index (κ1) is 16.3. The monoisotopic (exact) mass is 344 g/mol. The van der Waals surface area contributed by atoms with Crippen molar-refractivity contribution in [2.24, 2.45) is 5.92 Å². The molecular weight excluding hydrogens is 324 g/mol. The number of fused-ring (bicyclic) bond motifs is 1. The van der Waals surface area contributed by atoms with Gasteiger partial charge in [-0.1, -0.05) is 43.3 Å². The third kappa shape index (κ3) is 3.42. The number of anilines is 4. The predicted octanol–water partition coefficient (Wildman–Crippen LogP) is 4.73. The highest BCUT2D eigenvalue weighted by molar-refractivity contribution is 6.03. The minimum Gasteiger partial charge on any atom is -0.339 e. The van der Waals surface area contributed by atoms with E-state index in [1.807, 2.05) is 60.7 Å². The van der Waals surface area contributed by atoms with Crippen molar-refractivity contribution < 1.29 is 4.79 Å². The molecule has 0 spiro atoms. The number of Topliss-reactive ketones (excluding diaryl/α,β-unsaturated/α-hetero) is 1. The minimum absolute atomic E-state index is 0.100. The largest absolute Gasteiger partial charge is 0.339 e. The summed E-state index contributed by atoms with van der Waals surface area (Å²) in [6.45, 7) is 2.08. The molecule has 0 saturated heterocycles. The zero-order chi connectivity index (χ0) is 17.9. The highest BCUT2D eigenvalue weighted by atomic mass is 16.1. The normalized spacial score (nSPS) is 16.0. The average Bonchev–Trinajstić information content (AvgIpc) is 2.62. The van der Waals surface area contributed by atoms with Crippen molar-refractivity contribution in [1.82, 2.24) is 9.97 Å². The Morgan fingerprint density at radius 1 is 0.846 bits per heavy atom. The highest BCUT2D eigenvalue weighted by Gasteiger charge is 2.28. The maximum Gasteiger partial charge on any atom is 0.229 e.